The first kappa shape index (κ1) is 27.7. The highest BCUT2D eigenvalue weighted by Gasteiger charge is 2.30. The van der Waals surface area contributed by atoms with E-state index in [2.05, 4.69) is 63.7 Å². The Morgan fingerprint density at radius 3 is 0.786 bits per heavy atom. The summed E-state index contributed by atoms with van der Waals surface area (Å²) in [6.45, 7) is 28.7. The Kier molecular flexibility index (Phi) is 13.4. The summed E-state index contributed by atoms with van der Waals surface area (Å²) in [6, 6.07) is 8.87. The summed E-state index contributed by atoms with van der Waals surface area (Å²) in [5.74, 6) is 0. The Morgan fingerprint density at radius 1 is 0.464 bits per heavy atom. The van der Waals surface area contributed by atoms with Crippen molar-refractivity contribution < 1.29 is 9.41 Å². The van der Waals surface area contributed by atoms with E-state index in [1.165, 1.54) is 11.4 Å². The van der Waals surface area contributed by atoms with Gasteiger partial charge in [0, 0.05) is 24.3 Å². The van der Waals surface area contributed by atoms with Gasteiger partial charge in [0.15, 0.2) is 0 Å². The first-order valence-corrected chi connectivity index (χ1v) is 9.06. The molecular formula is C24H34F2N2. The van der Waals surface area contributed by atoms with Crippen molar-refractivity contribution in [2.45, 2.75) is 0 Å². The molecule has 4 heteroatoms. The van der Waals surface area contributed by atoms with Gasteiger partial charge in [-0.05, 0) is 36.5 Å². The third-order valence-corrected chi connectivity index (χ3v) is 4.82. The van der Waals surface area contributed by atoms with Crippen LogP contribution in [0.5, 0.6) is 0 Å². The van der Waals surface area contributed by atoms with Crippen molar-refractivity contribution in [2.24, 2.45) is 0 Å². The van der Waals surface area contributed by atoms with E-state index < -0.39 is 0 Å². The normalized spacial score (nSPS) is 10.6. The predicted octanol–water partition coefficient (Wildman–Crippen LogP) is -0.575. The van der Waals surface area contributed by atoms with Gasteiger partial charge in [-0.2, -0.15) is 0 Å². The molecule has 0 aliphatic rings. The molecule has 0 atom stereocenters. The van der Waals surface area contributed by atoms with Gasteiger partial charge in [0.2, 0.25) is 0 Å². The van der Waals surface area contributed by atoms with Crippen molar-refractivity contribution in [1.29, 1.82) is 0 Å². The average Bonchev–Trinajstić information content (AvgIpc) is 2.63. The molecule has 1 rings (SSSR count). The van der Waals surface area contributed by atoms with E-state index >= 15 is 0 Å². The molecule has 1 aromatic rings. The van der Waals surface area contributed by atoms with Gasteiger partial charge in [0.25, 0.3) is 0 Å². The second kappa shape index (κ2) is 13.6. The largest absolute Gasteiger partial charge is 1.00 e. The monoisotopic (exact) mass is 388 g/mol. The molecule has 0 heterocycles. The third-order valence-electron chi connectivity index (χ3n) is 4.82. The topological polar surface area (TPSA) is 0 Å². The van der Waals surface area contributed by atoms with Crippen molar-refractivity contribution in [2.75, 3.05) is 39.3 Å². The fourth-order valence-electron chi connectivity index (χ4n) is 3.65. The SMILES string of the molecule is C=CC[N+](CC=C)(CC=C)c1ccc([N+](CC=C)(CC=C)CC=C)cc1.[F-].[F-]. The third kappa shape index (κ3) is 6.25. The average molecular weight is 389 g/mol. The highest BCUT2D eigenvalue weighted by atomic mass is 19.0. The molecule has 1 aromatic carbocycles. The van der Waals surface area contributed by atoms with Crippen LogP contribution < -0.4 is 18.4 Å². The van der Waals surface area contributed by atoms with E-state index in [-0.39, 0.29) is 9.41 Å². The molecular weight excluding hydrogens is 354 g/mol. The number of nitrogens with zero attached hydrogens (tertiary/aromatic N) is 2. The quantitative estimate of drug-likeness (QED) is 0.296. The lowest BCUT2D eigenvalue weighted by molar-refractivity contribution is -0.00100. The summed E-state index contributed by atoms with van der Waals surface area (Å²) < 4.78 is 1.50. The van der Waals surface area contributed by atoms with Crippen molar-refractivity contribution in [3.8, 4) is 0 Å². The van der Waals surface area contributed by atoms with Gasteiger partial charge in [0.05, 0.1) is 0 Å². The molecule has 0 spiro atoms. The van der Waals surface area contributed by atoms with E-state index in [1.54, 1.807) is 0 Å². The Bertz CT molecular complexity index is 537. The van der Waals surface area contributed by atoms with Gasteiger partial charge in [0.1, 0.15) is 50.6 Å². The van der Waals surface area contributed by atoms with Gasteiger partial charge in [-0.3, -0.25) is 8.97 Å². The minimum atomic E-state index is 0. The number of quaternary nitrogens is 2. The van der Waals surface area contributed by atoms with Gasteiger partial charge in [-0.15, -0.1) is 0 Å². The van der Waals surface area contributed by atoms with Crippen LogP contribution in [-0.2, 0) is 0 Å². The first-order chi connectivity index (χ1) is 12.6. The van der Waals surface area contributed by atoms with Crippen LogP contribution in [0.1, 0.15) is 0 Å². The van der Waals surface area contributed by atoms with Crippen molar-refractivity contribution in [1.82, 2.24) is 8.97 Å². The van der Waals surface area contributed by atoms with Crippen molar-refractivity contribution >= 4 is 11.4 Å². The first-order valence-electron chi connectivity index (χ1n) is 9.06. The molecule has 0 N–H and O–H groups in total. The van der Waals surface area contributed by atoms with Gasteiger partial charge in [-0.1, -0.05) is 39.5 Å². The number of benzene rings is 1. The second-order valence-electron chi connectivity index (χ2n) is 6.63. The summed E-state index contributed by atoms with van der Waals surface area (Å²) in [6.07, 6.45) is 11.8. The molecule has 0 aromatic heterocycles. The summed E-state index contributed by atoms with van der Waals surface area (Å²) >= 11 is 0. The lowest BCUT2D eigenvalue weighted by atomic mass is 10.1. The maximum atomic E-state index is 3.94. The smallest absolute Gasteiger partial charge is 0.134 e. The van der Waals surface area contributed by atoms with Crippen LogP contribution in [0, 0.1) is 0 Å². The molecule has 0 aliphatic heterocycles. The lowest BCUT2D eigenvalue weighted by Crippen LogP contribution is -3.00. The fourth-order valence-corrected chi connectivity index (χ4v) is 3.65. The van der Waals surface area contributed by atoms with E-state index in [0.717, 1.165) is 48.2 Å². The Labute approximate surface area is 169 Å². The van der Waals surface area contributed by atoms with Gasteiger partial charge in [-0.25, -0.2) is 0 Å². The fraction of sp³-hybridized carbons (Fsp3) is 0.250. The number of hydrogen-bond acceptors (Lipinski definition) is 0. The molecule has 0 radical (unpaired) electrons. The molecule has 0 saturated heterocycles. The summed E-state index contributed by atoms with van der Waals surface area (Å²) in [5.41, 5.74) is 2.48. The lowest BCUT2D eigenvalue weighted by Gasteiger charge is -2.38. The maximum absolute atomic E-state index is 3.94. The molecule has 154 valence electrons. The highest BCUT2D eigenvalue weighted by molar-refractivity contribution is 5.54. The maximum Gasteiger partial charge on any atom is 0.134 e. The minimum absolute atomic E-state index is 0. The van der Waals surface area contributed by atoms with Crippen LogP contribution in [-0.4, -0.2) is 39.3 Å². The molecule has 0 saturated carbocycles. The van der Waals surface area contributed by atoms with E-state index in [9.17, 15) is 0 Å². The van der Waals surface area contributed by atoms with Gasteiger partial charge >= 0.3 is 0 Å². The molecule has 0 amide bonds. The van der Waals surface area contributed by atoms with Crippen LogP contribution in [0.3, 0.4) is 0 Å². The Hall–Kier alpha value is -2.56. The van der Waals surface area contributed by atoms with Crippen LogP contribution in [0.15, 0.2) is 100 Å². The molecule has 0 aliphatic carbocycles. The van der Waals surface area contributed by atoms with Crippen molar-refractivity contribution in [3.05, 3.63) is 100 Å². The number of rotatable bonds is 14. The molecule has 0 fully saturated rings. The van der Waals surface area contributed by atoms with Crippen LogP contribution in [0.4, 0.5) is 11.4 Å². The summed E-state index contributed by atoms with van der Waals surface area (Å²) in [4.78, 5) is 0. The van der Waals surface area contributed by atoms with Crippen molar-refractivity contribution in [3.63, 3.8) is 0 Å². The summed E-state index contributed by atoms with van der Waals surface area (Å²) in [7, 11) is 0. The molecule has 2 nitrogen and oxygen atoms in total. The van der Waals surface area contributed by atoms with Gasteiger partial charge < -0.3 is 9.41 Å². The zero-order valence-corrected chi connectivity index (χ0v) is 16.9. The second-order valence-corrected chi connectivity index (χ2v) is 6.63. The predicted molar refractivity (Wildman–Crippen MR) is 120 cm³/mol. The highest BCUT2D eigenvalue weighted by Crippen LogP contribution is 2.30. The van der Waals surface area contributed by atoms with E-state index in [1.807, 2.05) is 36.5 Å². The van der Waals surface area contributed by atoms with Crippen LogP contribution >= 0.6 is 0 Å². The Morgan fingerprint density at radius 2 is 0.643 bits per heavy atom. The molecule has 0 bridgehead atoms. The van der Waals surface area contributed by atoms with Crippen LogP contribution in [0.2, 0.25) is 0 Å². The van der Waals surface area contributed by atoms with E-state index in [4.69, 9.17) is 0 Å². The zero-order chi connectivity index (χ0) is 19.5. The number of hydrogen-bond donors (Lipinski definition) is 0. The Balaban J connectivity index is 0. The minimum Gasteiger partial charge on any atom is -1.00 e. The van der Waals surface area contributed by atoms with E-state index in [0.29, 0.717) is 0 Å². The summed E-state index contributed by atoms with van der Waals surface area (Å²) in [5, 5.41) is 0. The zero-order valence-electron chi connectivity index (χ0n) is 16.9. The molecule has 28 heavy (non-hydrogen) atoms. The standard InChI is InChI=1S/C24H34N2.2FH/c1-7-17-25(18-8-2,19-9-3)23-13-15-24(16-14-23)26(20-10-4,21-11-5)22-12-6;;/h7-16H,1-6,17-22H2;2*1H/q+2;;/p-2. The van der Waals surface area contributed by atoms with Crippen LogP contribution in [0.25, 0.3) is 0 Å². The number of halogens is 2. The molecule has 0 unspecified atom stereocenters.